The molecule has 0 aromatic heterocycles. The molecule has 0 spiro atoms. The SMILES string of the molecule is C=CCN(CCCCCCCCCC)CCCCCCCCCC. The highest BCUT2D eigenvalue weighted by Gasteiger charge is 2.02. The van der Waals surface area contributed by atoms with Crippen molar-refractivity contribution in [3.8, 4) is 0 Å². The topological polar surface area (TPSA) is 3.24 Å². The van der Waals surface area contributed by atoms with Crippen LogP contribution < -0.4 is 0 Å². The highest BCUT2D eigenvalue weighted by molar-refractivity contribution is 4.73. The lowest BCUT2D eigenvalue weighted by Gasteiger charge is -2.20. The second-order valence-electron chi connectivity index (χ2n) is 7.54. The lowest BCUT2D eigenvalue weighted by Crippen LogP contribution is -2.26. The number of hydrogen-bond acceptors (Lipinski definition) is 1. The smallest absolute Gasteiger partial charge is 0.0160 e. The summed E-state index contributed by atoms with van der Waals surface area (Å²) in [6.45, 7) is 12.1. The zero-order valence-corrected chi connectivity index (χ0v) is 17.2. The number of rotatable bonds is 20. The number of hydrogen-bond donors (Lipinski definition) is 0. The van der Waals surface area contributed by atoms with E-state index in [2.05, 4.69) is 31.4 Å². The fourth-order valence-electron chi connectivity index (χ4n) is 3.42. The fraction of sp³-hybridized carbons (Fsp3) is 0.913. The van der Waals surface area contributed by atoms with Gasteiger partial charge in [0.25, 0.3) is 0 Å². The number of nitrogens with zero attached hydrogens (tertiary/aromatic N) is 1. The average molecular weight is 338 g/mol. The first-order chi connectivity index (χ1) is 11.8. The van der Waals surface area contributed by atoms with E-state index in [-0.39, 0.29) is 0 Å². The molecule has 0 N–H and O–H groups in total. The Labute approximate surface area is 154 Å². The van der Waals surface area contributed by atoms with Crippen LogP contribution in [0.4, 0.5) is 0 Å². The van der Waals surface area contributed by atoms with Crippen molar-refractivity contribution < 1.29 is 0 Å². The van der Waals surface area contributed by atoms with Gasteiger partial charge in [-0.25, -0.2) is 0 Å². The van der Waals surface area contributed by atoms with Crippen LogP contribution in [0.2, 0.25) is 0 Å². The molecule has 1 heteroatoms. The molecule has 0 saturated carbocycles. The minimum absolute atomic E-state index is 1.08. The number of unbranched alkanes of at least 4 members (excludes halogenated alkanes) is 14. The van der Waals surface area contributed by atoms with E-state index < -0.39 is 0 Å². The first-order valence-electron chi connectivity index (χ1n) is 11.2. The average Bonchev–Trinajstić information content (AvgIpc) is 2.59. The third-order valence-electron chi connectivity index (χ3n) is 5.04. The molecule has 0 aliphatic heterocycles. The molecule has 0 fully saturated rings. The van der Waals surface area contributed by atoms with Crippen molar-refractivity contribution in [2.75, 3.05) is 19.6 Å². The molecule has 0 amide bonds. The summed E-state index contributed by atoms with van der Waals surface area (Å²) < 4.78 is 0. The van der Waals surface area contributed by atoms with Crippen LogP contribution >= 0.6 is 0 Å². The molecular weight excluding hydrogens is 290 g/mol. The summed E-state index contributed by atoms with van der Waals surface area (Å²) in [6, 6.07) is 0. The van der Waals surface area contributed by atoms with Crippen molar-refractivity contribution in [1.29, 1.82) is 0 Å². The molecule has 0 aliphatic carbocycles. The van der Waals surface area contributed by atoms with E-state index in [4.69, 9.17) is 0 Å². The van der Waals surface area contributed by atoms with Crippen LogP contribution in [0, 0.1) is 0 Å². The molecule has 0 aromatic carbocycles. The summed E-state index contributed by atoms with van der Waals surface area (Å²) >= 11 is 0. The van der Waals surface area contributed by atoms with Crippen molar-refractivity contribution in [2.45, 2.75) is 117 Å². The molecular formula is C23H47N. The molecule has 24 heavy (non-hydrogen) atoms. The van der Waals surface area contributed by atoms with Crippen molar-refractivity contribution >= 4 is 0 Å². The Hall–Kier alpha value is -0.300. The van der Waals surface area contributed by atoms with Crippen molar-refractivity contribution in [3.63, 3.8) is 0 Å². The van der Waals surface area contributed by atoms with Gasteiger partial charge < -0.3 is 0 Å². The third-order valence-corrected chi connectivity index (χ3v) is 5.04. The standard InChI is InChI=1S/C23H47N/c1-4-7-9-11-13-15-17-19-22-24(21-6-3)23-20-18-16-14-12-10-8-5-2/h6H,3-5,7-23H2,1-2H3. The minimum Gasteiger partial charge on any atom is -0.300 e. The maximum absolute atomic E-state index is 3.93. The lowest BCUT2D eigenvalue weighted by molar-refractivity contribution is 0.286. The Morgan fingerprint density at radius 1 is 0.542 bits per heavy atom. The molecule has 0 unspecified atom stereocenters. The first kappa shape index (κ1) is 23.7. The Kier molecular flexibility index (Phi) is 20.5. The first-order valence-corrected chi connectivity index (χ1v) is 11.2. The highest BCUT2D eigenvalue weighted by atomic mass is 15.1. The highest BCUT2D eigenvalue weighted by Crippen LogP contribution is 2.11. The Balaban J connectivity index is 3.45. The van der Waals surface area contributed by atoms with Gasteiger partial charge in [-0.2, -0.15) is 0 Å². The van der Waals surface area contributed by atoms with Gasteiger partial charge in [-0.15, -0.1) is 6.58 Å². The minimum atomic E-state index is 1.08. The van der Waals surface area contributed by atoms with E-state index in [1.165, 1.54) is 116 Å². The summed E-state index contributed by atoms with van der Waals surface area (Å²) in [7, 11) is 0. The fourth-order valence-corrected chi connectivity index (χ4v) is 3.42. The van der Waals surface area contributed by atoms with Crippen LogP contribution in [0.15, 0.2) is 12.7 Å². The van der Waals surface area contributed by atoms with E-state index in [9.17, 15) is 0 Å². The van der Waals surface area contributed by atoms with Gasteiger partial charge in [0.1, 0.15) is 0 Å². The summed E-state index contributed by atoms with van der Waals surface area (Å²) in [4.78, 5) is 2.61. The van der Waals surface area contributed by atoms with E-state index >= 15 is 0 Å². The largest absolute Gasteiger partial charge is 0.300 e. The van der Waals surface area contributed by atoms with Gasteiger partial charge >= 0.3 is 0 Å². The van der Waals surface area contributed by atoms with E-state index in [0.29, 0.717) is 0 Å². The molecule has 0 bridgehead atoms. The van der Waals surface area contributed by atoms with Crippen molar-refractivity contribution in [3.05, 3.63) is 12.7 Å². The van der Waals surface area contributed by atoms with Crippen LogP contribution in [-0.2, 0) is 0 Å². The monoisotopic (exact) mass is 337 g/mol. The van der Waals surface area contributed by atoms with Crippen molar-refractivity contribution in [2.24, 2.45) is 0 Å². The predicted octanol–water partition coefficient (Wildman–Crippen LogP) is 7.76. The van der Waals surface area contributed by atoms with Crippen LogP contribution in [0.5, 0.6) is 0 Å². The van der Waals surface area contributed by atoms with E-state index in [1.54, 1.807) is 0 Å². The summed E-state index contributed by atoms with van der Waals surface area (Å²) in [5, 5.41) is 0. The molecule has 0 atom stereocenters. The lowest BCUT2D eigenvalue weighted by atomic mass is 10.1. The normalized spacial score (nSPS) is 11.3. The van der Waals surface area contributed by atoms with Gasteiger partial charge in [0.15, 0.2) is 0 Å². The summed E-state index contributed by atoms with van der Waals surface area (Å²) in [5.74, 6) is 0. The Morgan fingerprint density at radius 3 is 1.21 bits per heavy atom. The molecule has 144 valence electrons. The summed E-state index contributed by atoms with van der Waals surface area (Å²) in [6.07, 6.45) is 24.7. The molecule has 0 radical (unpaired) electrons. The molecule has 0 heterocycles. The van der Waals surface area contributed by atoms with Gasteiger partial charge in [0, 0.05) is 6.54 Å². The second-order valence-corrected chi connectivity index (χ2v) is 7.54. The quantitative estimate of drug-likeness (QED) is 0.162. The van der Waals surface area contributed by atoms with Crippen LogP contribution in [-0.4, -0.2) is 24.5 Å². The Bertz CT molecular complexity index is 216. The molecule has 0 aliphatic rings. The molecule has 1 nitrogen and oxygen atoms in total. The van der Waals surface area contributed by atoms with Gasteiger partial charge in [-0.3, -0.25) is 4.90 Å². The van der Waals surface area contributed by atoms with Crippen LogP contribution in [0.3, 0.4) is 0 Å². The van der Waals surface area contributed by atoms with Gasteiger partial charge in [-0.05, 0) is 25.9 Å². The predicted molar refractivity (Wildman–Crippen MR) is 112 cm³/mol. The maximum atomic E-state index is 3.93. The van der Waals surface area contributed by atoms with E-state index in [1.807, 2.05) is 0 Å². The third kappa shape index (κ3) is 18.0. The van der Waals surface area contributed by atoms with Gasteiger partial charge in [0.2, 0.25) is 0 Å². The van der Waals surface area contributed by atoms with Crippen LogP contribution in [0.25, 0.3) is 0 Å². The maximum Gasteiger partial charge on any atom is 0.0160 e. The zero-order chi connectivity index (χ0) is 17.7. The van der Waals surface area contributed by atoms with Gasteiger partial charge in [0.05, 0.1) is 0 Å². The summed E-state index contributed by atoms with van der Waals surface area (Å²) in [5.41, 5.74) is 0. The molecule has 0 aromatic rings. The zero-order valence-electron chi connectivity index (χ0n) is 17.2. The van der Waals surface area contributed by atoms with Crippen molar-refractivity contribution in [1.82, 2.24) is 4.90 Å². The van der Waals surface area contributed by atoms with E-state index in [0.717, 1.165) is 6.54 Å². The molecule has 0 saturated heterocycles. The van der Waals surface area contributed by atoms with Crippen LogP contribution in [0.1, 0.15) is 117 Å². The second kappa shape index (κ2) is 20.7. The molecule has 0 rings (SSSR count). The Morgan fingerprint density at radius 2 is 0.875 bits per heavy atom. The van der Waals surface area contributed by atoms with Gasteiger partial charge in [-0.1, -0.05) is 110 Å².